The molecule has 5 saturated carbocycles. The second kappa shape index (κ2) is 24.4. The van der Waals surface area contributed by atoms with Gasteiger partial charge in [0.05, 0.1) is 14.2 Å². The van der Waals surface area contributed by atoms with Crippen molar-refractivity contribution in [2.45, 2.75) is 159 Å². The van der Waals surface area contributed by atoms with Crippen molar-refractivity contribution in [1.82, 2.24) is 14.7 Å². The highest BCUT2D eigenvalue weighted by Crippen LogP contribution is 2.50. The number of aryl methyl sites for hydroxylation is 1. The molecule has 15 rings (SSSR count). The molecule has 9 atom stereocenters. The Hall–Kier alpha value is -5.41. The highest BCUT2D eigenvalue weighted by molar-refractivity contribution is 5.96. The molecule has 10 aliphatic rings. The average molecular weight is 1090 g/mol. The lowest BCUT2D eigenvalue weighted by atomic mass is 9.83. The molecule has 4 heterocycles. The third-order valence-electron chi connectivity index (χ3n) is 22.1. The van der Waals surface area contributed by atoms with Gasteiger partial charge in [0.2, 0.25) is 6.79 Å². The van der Waals surface area contributed by atoms with Crippen LogP contribution in [0.25, 0.3) is 22.3 Å². The van der Waals surface area contributed by atoms with Crippen LogP contribution in [0.1, 0.15) is 166 Å². The zero-order valence-electron chi connectivity index (χ0n) is 49.3. The van der Waals surface area contributed by atoms with Crippen molar-refractivity contribution in [1.29, 1.82) is 0 Å². The van der Waals surface area contributed by atoms with Crippen LogP contribution in [0.5, 0.6) is 23.0 Å². The summed E-state index contributed by atoms with van der Waals surface area (Å²) in [5, 5.41) is 0. The molecule has 0 spiro atoms. The minimum atomic E-state index is 0.218. The van der Waals surface area contributed by atoms with E-state index < -0.39 is 0 Å². The van der Waals surface area contributed by atoms with Gasteiger partial charge in [0.15, 0.2) is 17.3 Å². The Balaban J connectivity index is 0.000000115. The fourth-order valence-electron chi connectivity index (χ4n) is 17.8. The average Bonchev–Trinajstić information content (AvgIpc) is 4.48. The van der Waals surface area contributed by atoms with E-state index in [0.29, 0.717) is 25.0 Å². The van der Waals surface area contributed by atoms with Crippen LogP contribution >= 0.6 is 0 Å². The van der Waals surface area contributed by atoms with Crippen LogP contribution in [0.2, 0.25) is 0 Å². The maximum absolute atomic E-state index is 12.1. The molecule has 0 aromatic heterocycles. The Morgan fingerprint density at radius 3 is 1.65 bits per heavy atom. The Bertz CT molecular complexity index is 3020. The van der Waals surface area contributed by atoms with E-state index in [2.05, 4.69) is 119 Å². The minimum absolute atomic E-state index is 0.218. The van der Waals surface area contributed by atoms with E-state index in [1.54, 1.807) is 19.8 Å². The maximum Gasteiger partial charge on any atom is 0.231 e. The summed E-state index contributed by atoms with van der Waals surface area (Å²) < 4.78 is 22.4. The molecule has 81 heavy (non-hydrogen) atoms. The number of carbonyl (C=O) groups is 1. The van der Waals surface area contributed by atoms with Crippen molar-refractivity contribution < 1.29 is 23.7 Å². The second-order valence-corrected chi connectivity index (χ2v) is 26.5. The Morgan fingerprint density at radius 2 is 1.09 bits per heavy atom. The fraction of sp³-hybridized carbons (Fsp3) is 0.548. The van der Waals surface area contributed by atoms with Gasteiger partial charge in [0.25, 0.3) is 0 Å². The van der Waals surface area contributed by atoms with Gasteiger partial charge in [0, 0.05) is 30.1 Å². The molecule has 428 valence electrons. The van der Waals surface area contributed by atoms with Crippen molar-refractivity contribution in [2.24, 2.45) is 35.5 Å². The summed E-state index contributed by atoms with van der Waals surface area (Å²) in [5.41, 5.74) is 11.6. The van der Waals surface area contributed by atoms with Gasteiger partial charge in [-0.15, -0.1) is 0 Å². The van der Waals surface area contributed by atoms with Crippen molar-refractivity contribution in [3.05, 3.63) is 143 Å². The van der Waals surface area contributed by atoms with E-state index in [4.69, 9.17) is 18.9 Å². The SMILES string of the molecule is CCC(=O)c1ccc(OC)c(C2CCN([C@@H]3C[C@H]4C=C[C@H]3C4)CC2)c1.COc1ccc(-c2ccc3c(c2)OCO3)cc1C1CCN(C2C[C@@H]3CC[C@@H]2C3)CC1.Cc1cccc(-c2ccccc2C2CCN([C@H]3C[C@H]4CC[C@H]3C4)CC2)c1. The zero-order chi connectivity index (χ0) is 55.0. The molecule has 8 fully saturated rings. The van der Waals surface area contributed by atoms with Crippen molar-refractivity contribution in [3.63, 3.8) is 0 Å². The molecule has 4 aliphatic heterocycles. The molecule has 0 amide bonds. The molecule has 0 N–H and O–H groups in total. The standard InChI is InChI=1S/C26H31NO3.C25H31N.C22H29NO2/c1-28-24-6-4-19(20-5-7-25-26(15-20)30-16-29-25)14-22(24)18-8-10-27(11-9-18)23-13-17-2-3-21(23)12-17;1-18-5-4-6-21(15-18)24-8-3-2-7-23(24)20-11-13-26(14-12-20)25-17-19-9-10-22(25)16-19;1-3-21(24)18-6-7-22(25-2)19(14-18)16-8-10-23(11-9-16)20-13-15-4-5-17(20)12-15/h4-7,14-15,17-18,21,23H,2-3,8-13,16H2,1H3;2-8,15,19-20,22,25H,9-14,16-17H2,1H3;4-7,14-17,20H,3,8-13H2,1-2H3/t17-,21-,23?;19-,22-,25-;15-,17-,20+/m100/s1. The lowest BCUT2D eigenvalue weighted by molar-refractivity contribution is 0.0987. The van der Waals surface area contributed by atoms with E-state index >= 15 is 0 Å². The Morgan fingerprint density at radius 1 is 0.506 bits per heavy atom. The molecule has 3 saturated heterocycles. The van der Waals surface area contributed by atoms with Crippen molar-refractivity contribution in [2.75, 3.05) is 60.3 Å². The van der Waals surface area contributed by atoms with Gasteiger partial charge >= 0.3 is 0 Å². The molecule has 8 nitrogen and oxygen atoms in total. The number of methoxy groups -OCH3 is 2. The van der Waals surface area contributed by atoms with Gasteiger partial charge in [-0.05, 0) is 271 Å². The van der Waals surface area contributed by atoms with E-state index in [0.717, 1.165) is 101 Å². The predicted molar refractivity (Wildman–Crippen MR) is 327 cm³/mol. The van der Waals surface area contributed by atoms with E-state index in [-0.39, 0.29) is 5.78 Å². The van der Waals surface area contributed by atoms with Crippen LogP contribution in [0.15, 0.2) is 115 Å². The largest absolute Gasteiger partial charge is 0.496 e. The first-order chi connectivity index (χ1) is 39.7. The molecule has 0 radical (unpaired) electrons. The van der Waals surface area contributed by atoms with E-state index in [9.17, 15) is 4.79 Å². The van der Waals surface area contributed by atoms with E-state index in [1.807, 2.05) is 25.1 Å². The van der Waals surface area contributed by atoms with Crippen LogP contribution in [-0.2, 0) is 0 Å². The number of piperidine rings is 3. The van der Waals surface area contributed by atoms with E-state index in [1.165, 1.54) is 168 Å². The number of nitrogens with zero attached hydrogens (tertiary/aromatic N) is 3. The van der Waals surface area contributed by atoms with Gasteiger partial charge in [-0.3, -0.25) is 9.69 Å². The molecule has 1 unspecified atom stereocenters. The number of carbonyl (C=O) groups excluding carboxylic acids is 1. The fourth-order valence-corrected chi connectivity index (χ4v) is 17.8. The Labute approximate surface area is 485 Å². The third kappa shape index (κ3) is 11.7. The number of hydrogen-bond acceptors (Lipinski definition) is 8. The number of Topliss-reactive ketones (excluding diaryl/α,β-unsaturated/α-hetero) is 1. The quantitative estimate of drug-likeness (QED) is 0.0905. The van der Waals surface area contributed by atoms with Gasteiger partial charge in [0.1, 0.15) is 11.5 Å². The summed E-state index contributed by atoms with van der Waals surface area (Å²) in [5.74, 6) is 11.4. The molecule has 5 aromatic carbocycles. The number of hydrogen-bond donors (Lipinski definition) is 0. The summed E-state index contributed by atoms with van der Waals surface area (Å²) in [6.45, 7) is 11.8. The van der Waals surface area contributed by atoms with Crippen LogP contribution in [-0.4, -0.2) is 98.9 Å². The number of ketones is 1. The van der Waals surface area contributed by atoms with Crippen LogP contribution in [0, 0.1) is 42.4 Å². The summed E-state index contributed by atoms with van der Waals surface area (Å²) in [6, 6.07) is 39.5. The first-order valence-electron chi connectivity index (χ1n) is 32.1. The van der Waals surface area contributed by atoms with Crippen molar-refractivity contribution >= 4 is 5.78 Å². The van der Waals surface area contributed by atoms with Crippen LogP contribution < -0.4 is 18.9 Å². The highest BCUT2D eigenvalue weighted by Gasteiger charge is 2.45. The molecular weight excluding hydrogens is 999 g/mol. The number of ether oxygens (including phenoxy) is 4. The zero-order valence-corrected chi connectivity index (χ0v) is 49.3. The number of likely N-dealkylation sites (tertiary alicyclic amines) is 3. The molecule has 6 aliphatic carbocycles. The van der Waals surface area contributed by atoms with Gasteiger partial charge in [-0.2, -0.15) is 0 Å². The summed E-state index contributed by atoms with van der Waals surface area (Å²) in [6.07, 6.45) is 27.6. The number of benzene rings is 5. The minimum Gasteiger partial charge on any atom is -0.496 e. The lowest BCUT2D eigenvalue weighted by Gasteiger charge is -2.40. The topological polar surface area (TPSA) is 63.7 Å². The first kappa shape index (κ1) is 54.8. The van der Waals surface area contributed by atoms with Crippen molar-refractivity contribution in [3.8, 4) is 45.3 Å². The smallest absolute Gasteiger partial charge is 0.231 e. The monoisotopic (exact) mass is 1090 g/mol. The molecule has 8 heteroatoms. The normalized spacial score (nSPS) is 28.9. The van der Waals surface area contributed by atoms with Gasteiger partial charge < -0.3 is 28.7 Å². The predicted octanol–water partition coefficient (Wildman–Crippen LogP) is 15.9. The molecule has 5 aromatic rings. The Kier molecular flexibility index (Phi) is 16.5. The number of rotatable bonds is 12. The lowest BCUT2D eigenvalue weighted by Crippen LogP contribution is -2.43. The number of allylic oxidation sites excluding steroid dienone is 1. The third-order valence-corrected chi connectivity index (χ3v) is 22.1. The van der Waals surface area contributed by atoms with Crippen LogP contribution in [0.4, 0.5) is 0 Å². The first-order valence-corrected chi connectivity index (χ1v) is 32.1. The number of fused-ring (bicyclic) bond motifs is 7. The van der Waals surface area contributed by atoms with Crippen LogP contribution in [0.3, 0.4) is 0 Å². The highest BCUT2D eigenvalue weighted by atomic mass is 16.7. The molecular formula is C73H91N3O5. The maximum atomic E-state index is 12.1. The summed E-state index contributed by atoms with van der Waals surface area (Å²) >= 11 is 0. The summed E-state index contributed by atoms with van der Waals surface area (Å²) in [7, 11) is 3.53. The molecule has 6 bridgehead atoms. The van der Waals surface area contributed by atoms with Gasteiger partial charge in [-0.1, -0.05) is 98.1 Å². The second-order valence-electron chi connectivity index (χ2n) is 26.5. The van der Waals surface area contributed by atoms with Gasteiger partial charge in [-0.25, -0.2) is 0 Å². The summed E-state index contributed by atoms with van der Waals surface area (Å²) in [4.78, 5) is 20.5.